The summed E-state index contributed by atoms with van der Waals surface area (Å²) in [5, 5.41) is 5.74. The van der Waals surface area contributed by atoms with Crippen molar-refractivity contribution < 1.29 is 9.59 Å². The Hall–Kier alpha value is -1.88. The molecule has 1 aliphatic rings. The SMILES string of the molecule is CC(C)(C)NC(=O)c1cccc(NC(=O)C2(N)CCCC2)c1. The van der Waals surface area contributed by atoms with Gasteiger partial charge >= 0.3 is 0 Å². The van der Waals surface area contributed by atoms with Crippen molar-refractivity contribution in [3.8, 4) is 0 Å². The second kappa shape index (κ2) is 6.08. The van der Waals surface area contributed by atoms with Gasteiger partial charge in [-0.3, -0.25) is 9.59 Å². The lowest BCUT2D eigenvalue weighted by Crippen LogP contribution is -2.48. The maximum Gasteiger partial charge on any atom is 0.251 e. The summed E-state index contributed by atoms with van der Waals surface area (Å²) in [6, 6.07) is 6.93. The summed E-state index contributed by atoms with van der Waals surface area (Å²) in [5.41, 5.74) is 6.18. The van der Waals surface area contributed by atoms with Crippen LogP contribution in [0.2, 0.25) is 0 Å². The number of rotatable bonds is 3. The first-order chi connectivity index (χ1) is 10.2. The average Bonchev–Trinajstić information content (AvgIpc) is 2.85. The Labute approximate surface area is 131 Å². The second-order valence-electron chi connectivity index (χ2n) is 7.10. The van der Waals surface area contributed by atoms with Gasteiger partial charge in [-0.2, -0.15) is 0 Å². The summed E-state index contributed by atoms with van der Waals surface area (Å²) in [6.07, 6.45) is 3.39. The van der Waals surface area contributed by atoms with Gasteiger partial charge in [0.1, 0.15) is 0 Å². The number of nitrogens with one attached hydrogen (secondary N) is 2. The van der Waals surface area contributed by atoms with Gasteiger partial charge in [-0.25, -0.2) is 0 Å². The minimum atomic E-state index is -0.774. The summed E-state index contributed by atoms with van der Waals surface area (Å²) in [4.78, 5) is 24.5. The topological polar surface area (TPSA) is 84.2 Å². The fourth-order valence-electron chi connectivity index (χ4n) is 2.64. The van der Waals surface area contributed by atoms with Crippen LogP contribution < -0.4 is 16.4 Å². The zero-order valence-corrected chi connectivity index (χ0v) is 13.5. The molecular formula is C17H25N3O2. The van der Waals surface area contributed by atoms with Crippen LogP contribution >= 0.6 is 0 Å². The van der Waals surface area contributed by atoms with Gasteiger partial charge < -0.3 is 16.4 Å². The van der Waals surface area contributed by atoms with Crippen LogP contribution in [-0.4, -0.2) is 22.9 Å². The number of amides is 2. The molecule has 1 fully saturated rings. The molecular weight excluding hydrogens is 278 g/mol. The first-order valence-electron chi connectivity index (χ1n) is 7.73. The maximum atomic E-state index is 12.3. The molecule has 2 rings (SSSR count). The van der Waals surface area contributed by atoms with Crippen LogP contribution in [0.25, 0.3) is 0 Å². The lowest BCUT2D eigenvalue weighted by Gasteiger charge is -2.23. The number of nitrogens with two attached hydrogens (primary N) is 1. The Bertz CT molecular complexity index is 570. The average molecular weight is 303 g/mol. The molecule has 1 aromatic carbocycles. The van der Waals surface area contributed by atoms with E-state index in [9.17, 15) is 9.59 Å². The molecule has 0 bridgehead atoms. The van der Waals surface area contributed by atoms with Gasteiger partial charge in [0.2, 0.25) is 5.91 Å². The summed E-state index contributed by atoms with van der Waals surface area (Å²) < 4.78 is 0. The molecule has 1 saturated carbocycles. The number of anilines is 1. The molecule has 0 radical (unpaired) electrons. The third-order valence-electron chi connectivity index (χ3n) is 3.82. The molecule has 2 amide bonds. The quantitative estimate of drug-likeness (QED) is 0.802. The highest BCUT2D eigenvalue weighted by Gasteiger charge is 2.37. The predicted octanol–water partition coefficient (Wildman–Crippen LogP) is 2.42. The van der Waals surface area contributed by atoms with Crippen molar-refractivity contribution in [3.63, 3.8) is 0 Å². The van der Waals surface area contributed by atoms with Crippen molar-refractivity contribution in [2.24, 2.45) is 5.73 Å². The highest BCUT2D eigenvalue weighted by atomic mass is 16.2. The minimum absolute atomic E-state index is 0.160. The van der Waals surface area contributed by atoms with E-state index in [1.54, 1.807) is 24.3 Å². The Balaban J connectivity index is 2.08. The molecule has 22 heavy (non-hydrogen) atoms. The fraction of sp³-hybridized carbons (Fsp3) is 0.529. The van der Waals surface area contributed by atoms with Crippen LogP contribution in [0.15, 0.2) is 24.3 Å². The van der Waals surface area contributed by atoms with E-state index in [1.165, 1.54) is 0 Å². The van der Waals surface area contributed by atoms with Crippen molar-refractivity contribution in [2.75, 3.05) is 5.32 Å². The number of benzene rings is 1. The summed E-state index contributed by atoms with van der Waals surface area (Å²) in [6.45, 7) is 5.78. The normalized spacial score (nSPS) is 17.1. The van der Waals surface area contributed by atoms with Crippen LogP contribution in [0, 0.1) is 0 Å². The number of hydrogen-bond acceptors (Lipinski definition) is 3. The predicted molar refractivity (Wildman–Crippen MR) is 87.7 cm³/mol. The Kier molecular flexibility index (Phi) is 4.56. The smallest absolute Gasteiger partial charge is 0.251 e. The third kappa shape index (κ3) is 4.07. The van der Waals surface area contributed by atoms with Crippen LogP contribution in [0.1, 0.15) is 56.8 Å². The third-order valence-corrected chi connectivity index (χ3v) is 3.82. The fourth-order valence-corrected chi connectivity index (χ4v) is 2.64. The molecule has 0 aromatic heterocycles. The molecule has 5 heteroatoms. The van der Waals surface area contributed by atoms with Gasteiger partial charge in [0.15, 0.2) is 0 Å². The summed E-state index contributed by atoms with van der Waals surface area (Å²) >= 11 is 0. The number of carbonyl (C=O) groups is 2. The van der Waals surface area contributed by atoms with E-state index < -0.39 is 5.54 Å². The van der Waals surface area contributed by atoms with Gasteiger partial charge in [-0.15, -0.1) is 0 Å². The van der Waals surface area contributed by atoms with Crippen molar-refractivity contribution >= 4 is 17.5 Å². The van der Waals surface area contributed by atoms with Crippen LogP contribution in [0.4, 0.5) is 5.69 Å². The molecule has 0 unspecified atom stereocenters. The highest BCUT2D eigenvalue weighted by molar-refractivity contribution is 6.00. The summed E-state index contributed by atoms with van der Waals surface area (Å²) in [5.74, 6) is -0.328. The molecule has 4 N–H and O–H groups in total. The first kappa shape index (κ1) is 16.5. The number of hydrogen-bond donors (Lipinski definition) is 3. The van der Waals surface area contributed by atoms with E-state index in [2.05, 4.69) is 10.6 Å². The van der Waals surface area contributed by atoms with E-state index in [0.717, 1.165) is 12.8 Å². The van der Waals surface area contributed by atoms with Crippen LogP contribution in [0.3, 0.4) is 0 Å². The molecule has 0 spiro atoms. The second-order valence-corrected chi connectivity index (χ2v) is 7.10. The van der Waals surface area contributed by atoms with E-state index in [1.807, 2.05) is 20.8 Å². The molecule has 0 heterocycles. The van der Waals surface area contributed by atoms with Crippen molar-refractivity contribution in [2.45, 2.75) is 57.5 Å². The minimum Gasteiger partial charge on any atom is -0.347 e. The molecule has 0 aliphatic heterocycles. The van der Waals surface area contributed by atoms with Crippen molar-refractivity contribution in [1.29, 1.82) is 0 Å². The van der Waals surface area contributed by atoms with Gasteiger partial charge in [0, 0.05) is 16.8 Å². The van der Waals surface area contributed by atoms with Crippen molar-refractivity contribution in [3.05, 3.63) is 29.8 Å². The molecule has 120 valence electrons. The zero-order valence-electron chi connectivity index (χ0n) is 13.5. The Morgan fingerprint density at radius 2 is 1.82 bits per heavy atom. The lowest BCUT2D eigenvalue weighted by molar-refractivity contribution is -0.121. The monoisotopic (exact) mass is 303 g/mol. The lowest BCUT2D eigenvalue weighted by atomic mass is 9.98. The Morgan fingerprint density at radius 3 is 2.41 bits per heavy atom. The van der Waals surface area contributed by atoms with Gasteiger partial charge in [0.25, 0.3) is 5.91 Å². The largest absolute Gasteiger partial charge is 0.347 e. The van der Waals surface area contributed by atoms with Gasteiger partial charge in [0.05, 0.1) is 5.54 Å². The van der Waals surface area contributed by atoms with E-state index >= 15 is 0 Å². The molecule has 1 aromatic rings. The summed E-state index contributed by atoms with van der Waals surface area (Å²) in [7, 11) is 0. The molecule has 5 nitrogen and oxygen atoms in total. The van der Waals surface area contributed by atoms with E-state index in [0.29, 0.717) is 24.1 Å². The molecule has 1 aliphatic carbocycles. The molecule has 0 atom stereocenters. The highest BCUT2D eigenvalue weighted by Crippen LogP contribution is 2.28. The zero-order chi connectivity index (χ0) is 16.4. The Morgan fingerprint density at radius 1 is 1.18 bits per heavy atom. The first-order valence-corrected chi connectivity index (χ1v) is 7.73. The van der Waals surface area contributed by atoms with Gasteiger partial charge in [-0.05, 0) is 51.8 Å². The number of carbonyl (C=O) groups excluding carboxylic acids is 2. The van der Waals surface area contributed by atoms with Crippen molar-refractivity contribution in [1.82, 2.24) is 5.32 Å². The van der Waals surface area contributed by atoms with Crippen LogP contribution in [0.5, 0.6) is 0 Å². The maximum absolute atomic E-state index is 12.3. The standard InChI is InChI=1S/C17H25N3O2/c1-16(2,3)20-14(21)12-7-6-8-13(11-12)19-15(22)17(18)9-4-5-10-17/h6-8,11H,4-5,9-10,18H2,1-3H3,(H,19,22)(H,20,21). The van der Waals surface area contributed by atoms with E-state index in [4.69, 9.17) is 5.73 Å². The molecule has 0 saturated heterocycles. The van der Waals surface area contributed by atoms with Gasteiger partial charge in [-0.1, -0.05) is 18.9 Å². The van der Waals surface area contributed by atoms with E-state index in [-0.39, 0.29) is 17.4 Å². The van der Waals surface area contributed by atoms with Crippen LogP contribution in [-0.2, 0) is 4.79 Å².